The summed E-state index contributed by atoms with van der Waals surface area (Å²) in [5.41, 5.74) is -0.188. The molecule has 0 saturated carbocycles. The SMILES string of the molecule is C=CCN(CC=C)c1ccc(C(F)(F)F)cc1NC(=O)C(C)C. The van der Waals surface area contributed by atoms with E-state index in [2.05, 4.69) is 18.5 Å². The second-order valence-corrected chi connectivity index (χ2v) is 5.36. The largest absolute Gasteiger partial charge is 0.416 e. The highest BCUT2D eigenvalue weighted by molar-refractivity contribution is 5.95. The molecular weight excluding hydrogens is 305 g/mol. The van der Waals surface area contributed by atoms with Crippen LogP contribution in [0.5, 0.6) is 0 Å². The van der Waals surface area contributed by atoms with Crippen molar-refractivity contribution < 1.29 is 18.0 Å². The quantitative estimate of drug-likeness (QED) is 0.749. The van der Waals surface area contributed by atoms with E-state index in [0.717, 1.165) is 12.1 Å². The molecule has 0 spiro atoms. The summed E-state index contributed by atoms with van der Waals surface area (Å²) < 4.78 is 38.8. The Morgan fingerprint density at radius 2 is 1.83 bits per heavy atom. The Morgan fingerprint density at radius 1 is 1.26 bits per heavy atom. The summed E-state index contributed by atoms with van der Waals surface area (Å²) in [6.07, 6.45) is -1.21. The van der Waals surface area contributed by atoms with E-state index in [0.29, 0.717) is 18.8 Å². The molecule has 23 heavy (non-hydrogen) atoms. The number of anilines is 2. The van der Waals surface area contributed by atoms with Crippen molar-refractivity contribution in [1.82, 2.24) is 0 Å². The Bertz CT molecular complexity index is 570. The maximum atomic E-state index is 12.9. The predicted molar refractivity (Wildman–Crippen MR) is 87.5 cm³/mol. The maximum absolute atomic E-state index is 12.9. The van der Waals surface area contributed by atoms with Gasteiger partial charge in [-0.2, -0.15) is 13.2 Å². The summed E-state index contributed by atoms with van der Waals surface area (Å²) in [6.45, 7) is 11.5. The van der Waals surface area contributed by atoms with Gasteiger partial charge in [0.1, 0.15) is 0 Å². The highest BCUT2D eigenvalue weighted by Gasteiger charge is 2.31. The van der Waals surface area contributed by atoms with Gasteiger partial charge < -0.3 is 10.2 Å². The van der Waals surface area contributed by atoms with Crippen molar-refractivity contribution in [2.75, 3.05) is 23.3 Å². The van der Waals surface area contributed by atoms with Gasteiger partial charge >= 0.3 is 6.18 Å². The molecule has 0 aliphatic rings. The van der Waals surface area contributed by atoms with Gasteiger partial charge in [-0.1, -0.05) is 26.0 Å². The van der Waals surface area contributed by atoms with Crippen LogP contribution in [0.2, 0.25) is 0 Å². The number of nitrogens with zero attached hydrogens (tertiary/aromatic N) is 1. The fourth-order valence-corrected chi connectivity index (χ4v) is 1.95. The van der Waals surface area contributed by atoms with E-state index in [9.17, 15) is 18.0 Å². The minimum absolute atomic E-state index is 0.127. The lowest BCUT2D eigenvalue weighted by Crippen LogP contribution is -2.26. The molecule has 0 bridgehead atoms. The summed E-state index contributed by atoms with van der Waals surface area (Å²) in [5.74, 6) is -0.688. The molecule has 0 heterocycles. The molecule has 0 unspecified atom stereocenters. The van der Waals surface area contributed by atoms with Crippen LogP contribution in [0.4, 0.5) is 24.5 Å². The van der Waals surface area contributed by atoms with Crippen molar-refractivity contribution in [1.29, 1.82) is 0 Å². The minimum atomic E-state index is -4.47. The van der Waals surface area contributed by atoms with E-state index in [1.807, 2.05) is 0 Å². The first kappa shape index (κ1) is 18.8. The van der Waals surface area contributed by atoms with Crippen LogP contribution in [0, 0.1) is 5.92 Å². The molecule has 0 aromatic heterocycles. The van der Waals surface area contributed by atoms with Crippen LogP contribution in [0.3, 0.4) is 0 Å². The number of nitrogens with one attached hydrogen (secondary N) is 1. The van der Waals surface area contributed by atoms with Crippen molar-refractivity contribution in [3.05, 3.63) is 49.1 Å². The van der Waals surface area contributed by atoms with Gasteiger partial charge in [-0.15, -0.1) is 13.2 Å². The van der Waals surface area contributed by atoms with Crippen LogP contribution in [0.1, 0.15) is 19.4 Å². The van der Waals surface area contributed by atoms with Crippen molar-refractivity contribution in [2.45, 2.75) is 20.0 Å². The standard InChI is InChI=1S/C17H21F3N2O/c1-5-9-22(10-6-2)15-8-7-13(17(18,19)20)11-14(15)21-16(23)12(3)4/h5-8,11-12H,1-2,9-10H2,3-4H3,(H,21,23). The number of rotatable bonds is 7. The van der Waals surface area contributed by atoms with Crippen molar-refractivity contribution in [3.8, 4) is 0 Å². The summed E-state index contributed by atoms with van der Waals surface area (Å²) in [4.78, 5) is 13.7. The van der Waals surface area contributed by atoms with Gasteiger partial charge in [-0.25, -0.2) is 0 Å². The second kappa shape index (κ2) is 7.85. The fourth-order valence-electron chi connectivity index (χ4n) is 1.95. The Hall–Kier alpha value is -2.24. The highest BCUT2D eigenvalue weighted by Crippen LogP contribution is 2.35. The number of halogens is 3. The lowest BCUT2D eigenvalue weighted by atomic mass is 10.1. The maximum Gasteiger partial charge on any atom is 0.416 e. The van der Waals surface area contributed by atoms with Gasteiger partial charge in [0.2, 0.25) is 5.91 Å². The van der Waals surface area contributed by atoms with Gasteiger partial charge in [0.15, 0.2) is 0 Å². The Balaban J connectivity index is 3.34. The lowest BCUT2D eigenvalue weighted by molar-refractivity contribution is -0.137. The number of benzene rings is 1. The average Bonchev–Trinajstić information content (AvgIpc) is 2.46. The third-order valence-corrected chi connectivity index (χ3v) is 3.15. The Kier molecular flexibility index (Phi) is 6.42. The zero-order chi connectivity index (χ0) is 17.6. The average molecular weight is 326 g/mol. The van der Waals surface area contributed by atoms with Gasteiger partial charge in [0.05, 0.1) is 16.9 Å². The van der Waals surface area contributed by atoms with Crippen molar-refractivity contribution in [3.63, 3.8) is 0 Å². The summed E-state index contributed by atoms with van der Waals surface area (Å²) in [6, 6.07) is 3.31. The third-order valence-electron chi connectivity index (χ3n) is 3.15. The van der Waals surface area contributed by atoms with Gasteiger partial charge in [-0.05, 0) is 18.2 Å². The summed E-state index contributed by atoms with van der Waals surface area (Å²) >= 11 is 0. The number of hydrogen-bond donors (Lipinski definition) is 1. The molecule has 1 rings (SSSR count). The first-order valence-electron chi connectivity index (χ1n) is 7.19. The fraction of sp³-hybridized carbons (Fsp3) is 0.353. The van der Waals surface area contributed by atoms with Crippen LogP contribution in [0.15, 0.2) is 43.5 Å². The van der Waals surface area contributed by atoms with E-state index in [1.165, 1.54) is 6.07 Å². The molecule has 126 valence electrons. The molecule has 0 atom stereocenters. The van der Waals surface area contributed by atoms with E-state index in [1.54, 1.807) is 30.9 Å². The highest BCUT2D eigenvalue weighted by atomic mass is 19.4. The topological polar surface area (TPSA) is 32.3 Å². The number of amides is 1. The molecule has 1 N–H and O–H groups in total. The van der Waals surface area contributed by atoms with E-state index in [4.69, 9.17) is 0 Å². The first-order chi connectivity index (χ1) is 10.7. The molecule has 0 aliphatic carbocycles. The smallest absolute Gasteiger partial charge is 0.362 e. The molecule has 0 radical (unpaired) electrons. The molecular formula is C17H21F3N2O. The zero-order valence-corrected chi connectivity index (χ0v) is 13.3. The normalized spacial score (nSPS) is 11.2. The van der Waals surface area contributed by atoms with E-state index < -0.39 is 11.7 Å². The van der Waals surface area contributed by atoms with E-state index >= 15 is 0 Å². The zero-order valence-electron chi connectivity index (χ0n) is 13.3. The molecule has 3 nitrogen and oxygen atoms in total. The number of hydrogen-bond acceptors (Lipinski definition) is 2. The molecule has 0 aliphatic heterocycles. The van der Waals surface area contributed by atoms with Gasteiger partial charge in [0, 0.05) is 19.0 Å². The predicted octanol–water partition coefficient (Wildman–Crippen LogP) is 4.48. The van der Waals surface area contributed by atoms with Crippen LogP contribution in [-0.2, 0) is 11.0 Å². The second-order valence-electron chi connectivity index (χ2n) is 5.36. The van der Waals surface area contributed by atoms with Crippen LogP contribution < -0.4 is 10.2 Å². The number of carbonyl (C=O) groups excluding carboxylic acids is 1. The third kappa shape index (κ3) is 5.16. The molecule has 6 heteroatoms. The molecule has 0 saturated heterocycles. The molecule has 1 aromatic carbocycles. The van der Waals surface area contributed by atoms with Crippen LogP contribution >= 0.6 is 0 Å². The number of alkyl halides is 3. The van der Waals surface area contributed by atoms with E-state index in [-0.39, 0.29) is 17.5 Å². The Morgan fingerprint density at radius 3 is 2.26 bits per heavy atom. The van der Waals surface area contributed by atoms with Gasteiger partial charge in [0.25, 0.3) is 0 Å². The first-order valence-corrected chi connectivity index (χ1v) is 7.19. The van der Waals surface area contributed by atoms with Crippen molar-refractivity contribution in [2.24, 2.45) is 5.92 Å². The summed E-state index contributed by atoms with van der Waals surface area (Å²) in [5, 5.41) is 2.57. The van der Waals surface area contributed by atoms with Crippen LogP contribution in [-0.4, -0.2) is 19.0 Å². The summed E-state index contributed by atoms with van der Waals surface area (Å²) in [7, 11) is 0. The lowest BCUT2D eigenvalue weighted by Gasteiger charge is -2.26. The monoisotopic (exact) mass is 326 g/mol. The Labute approximate surface area is 134 Å². The molecule has 0 fully saturated rings. The minimum Gasteiger partial charge on any atom is -0.362 e. The molecule has 1 aromatic rings. The van der Waals surface area contributed by atoms with Crippen molar-refractivity contribution >= 4 is 17.3 Å². The number of carbonyl (C=O) groups is 1. The molecule has 1 amide bonds. The van der Waals surface area contributed by atoms with Gasteiger partial charge in [-0.3, -0.25) is 4.79 Å². The van der Waals surface area contributed by atoms with Crippen LogP contribution in [0.25, 0.3) is 0 Å².